The smallest absolute Gasteiger partial charge is 0.0263 e. The number of halogens is 1. The Labute approximate surface area is 146 Å². The van der Waals surface area contributed by atoms with E-state index in [1.54, 1.807) is 6.08 Å². The number of hydrogen-bond donors (Lipinski definition) is 0. The van der Waals surface area contributed by atoms with Gasteiger partial charge in [0.15, 0.2) is 0 Å². The predicted octanol–water partition coefficient (Wildman–Crippen LogP) is 6.99. The zero-order valence-electron chi connectivity index (χ0n) is 13.2. The van der Waals surface area contributed by atoms with E-state index in [0.29, 0.717) is 0 Å². The Kier molecular flexibility index (Phi) is 15.4. The van der Waals surface area contributed by atoms with Crippen LogP contribution in [0.4, 0.5) is 0 Å². The first-order valence-corrected chi connectivity index (χ1v) is 6.77. The molecule has 0 spiro atoms. The summed E-state index contributed by atoms with van der Waals surface area (Å²) < 4.78 is 0. The molecule has 2 rings (SSSR count). The van der Waals surface area contributed by atoms with Crippen LogP contribution in [0.2, 0.25) is 0 Å². The molecule has 2 aromatic carbocycles. The molecule has 0 bridgehead atoms. The Morgan fingerprint density at radius 3 is 1.14 bits per heavy atom. The summed E-state index contributed by atoms with van der Waals surface area (Å²) in [7, 11) is 0. The molecule has 0 aliphatic carbocycles. The van der Waals surface area contributed by atoms with Gasteiger partial charge in [0.05, 0.1) is 0 Å². The third-order valence-corrected chi connectivity index (χ3v) is 2.42. The van der Waals surface area contributed by atoms with Gasteiger partial charge in [0, 0.05) is 0 Å². The zero-order valence-corrected chi connectivity index (χ0v) is 15.0. The molecule has 0 radical (unpaired) electrons. The van der Waals surface area contributed by atoms with Gasteiger partial charge in [0.25, 0.3) is 0 Å². The molecule has 0 fully saturated rings. The topological polar surface area (TPSA) is 0 Å². The first-order valence-electron chi connectivity index (χ1n) is 6.77. The van der Waals surface area contributed by atoms with Gasteiger partial charge in [-0.25, -0.2) is 0 Å². The molecule has 0 nitrogen and oxygen atoms in total. The summed E-state index contributed by atoms with van der Waals surface area (Å²) in [6.07, 6.45) is 5.39. The average Bonchev–Trinajstić information content (AvgIpc) is 2.57. The van der Waals surface area contributed by atoms with Gasteiger partial charge < -0.3 is 0 Å². The van der Waals surface area contributed by atoms with E-state index < -0.39 is 0 Å². The van der Waals surface area contributed by atoms with E-state index in [1.165, 1.54) is 11.1 Å². The molecule has 0 aliphatic heterocycles. The summed E-state index contributed by atoms with van der Waals surface area (Å²) in [6, 6.07) is 20.1. The number of allylic oxidation sites excluding steroid dienone is 2. The fourth-order valence-electron chi connectivity index (χ4n) is 1.18. The summed E-state index contributed by atoms with van der Waals surface area (Å²) >= 11 is 0. The van der Waals surface area contributed by atoms with Crippen molar-refractivity contribution in [1.29, 1.82) is 0 Å². The maximum absolute atomic E-state index is 3.63. The molecule has 0 unspecified atom stereocenters. The second kappa shape index (κ2) is 15.3. The lowest BCUT2D eigenvalue weighted by Crippen LogP contribution is -1.63. The fraction of sp³-hybridized carbons (Fsp3) is 0.0476. The third-order valence-electron chi connectivity index (χ3n) is 2.42. The molecule has 0 amide bonds. The summed E-state index contributed by atoms with van der Waals surface area (Å²) in [5, 5.41) is 0. The summed E-state index contributed by atoms with van der Waals surface area (Å²) in [6.45, 7) is 16.2. The van der Waals surface area contributed by atoms with Crippen LogP contribution >= 0.6 is 17.0 Å². The van der Waals surface area contributed by atoms with Crippen LogP contribution < -0.4 is 0 Å². The molecule has 0 saturated carbocycles. The van der Waals surface area contributed by atoms with Crippen molar-refractivity contribution in [3.8, 4) is 0 Å². The summed E-state index contributed by atoms with van der Waals surface area (Å²) in [5.74, 6) is 0. The van der Waals surface area contributed by atoms with Gasteiger partial charge in [0.1, 0.15) is 0 Å². The normalized spacial score (nSPS) is 7.68. The Bertz CT molecular complexity index is 495. The van der Waals surface area contributed by atoms with Crippen molar-refractivity contribution in [2.45, 2.75) is 6.92 Å². The monoisotopic (exact) mass is 356 g/mol. The molecule has 0 saturated heterocycles. The quantitative estimate of drug-likeness (QED) is 0.520. The van der Waals surface area contributed by atoms with Crippen molar-refractivity contribution in [3.05, 3.63) is 110 Å². The van der Waals surface area contributed by atoms with Crippen molar-refractivity contribution in [2.24, 2.45) is 0 Å². The number of benzene rings is 2. The van der Waals surface area contributed by atoms with Crippen molar-refractivity contribution < 1.29 is 0 Å². The fourth-order valence-corrected chi connectivity index (χ4v) is 1.18. The average molecular weight is 357 g/mol. The van der Waals surface area contributed by atoms with Crippen LogP contribution in [0.5, 0.6) is 0 Å². The van der Waals surface area contributed by atoms with Crippen LogP contribution in [0.25, 0.3) is 12.2 Å². The Morgan fingerprint density at radius 1 is 0.727 bits per heavy atom. The van der Waals surface area contributed by atoms with Crippen molar-refractivity contribution in [3.63, 3.8) is 0 Å². The standard InChI is InChI=1S/2C8H8.C5H8.BrH/c2*1-2-8-6-4-3-5-7-8;1-4-5(2)3;/h2*2-7H,1H2;4H,1-2H2,3H3;1H. The van der Waals surface area contributed by atoms with Gasteiger partial charge in [-0.1, -0.05) is 111 Å². The van der Waals surface area contributed by atoms with E-state index in [1.807, 2.05) is 79.7 Å². The maximum Gasteiger partial charge on any atom is -0.0263 e. The van der Waals surface area contributed by atoms with Crippen LogP contribution in [-0.4, -0.2) is 0 Å². The Morgan fingerprint density at radius 2 is 1.00 bits per heavy atom. The number of rotatable bonds is 3. The second-order valence-electron chi connectivity index (χ2n) is 4.28. The SMILES string of the molecule is Br.C=CC(=C)C.C=Cc1ccccc1.C=Cc1ccccc1. The second-order valence-corrected chi connectivity index (χ2v) is 4.28. The van der Waals surface area contributed by atoms with E-state index >= 15 is 0 Å². The molecule has 0 atom stereocenters. The maximum atomic E-state index is 3.63. The Hall–Kier alpha value is -2.12. The third kappa shape index (κ3) is 12.9. The Balaban J connectivity index is 0. The summed E-state index contributed by atoms with van der Waals surface area (Å²) in [4.78, 5) is 0. The molecular formula is C21H25Br. The molecule has 0 heterocycles. The minimum Gasteiger partial charge on any atom is -0.114 e. The van der Waals surface area contributed by atoms with Crippen molar-refractivity contribution in [1.82, 2.24) is 0 Å². The highest BCUT2D eigenvalue weighted by Gasteiger charge is 1.76. The van der Waals surface area contributed by atoms with Crippen molar-refractivity contribution in [2.75, 3.05) is 0 Å². The molecular weight excluding hydrogens is 332 g/mol. The molecule has 116 valence electrons. The largest absolute Gasteiger partial charge is 0.114 e. The molecule has 1 heteroatoms. The van der Waals surface area contributed by atoms with E-state index in [0.717, 1.165) is 5.57 Å². The van der Waals surface area contributed by atoms with Gasteiger partial charge in [-0.15, -0.1) is 17.0 Å². The lowest BCUT2D eigenvalue weighted by molar-refractivity contribution is 1.58. The van der Waals surface area contributed by atoms with E-state index in [4.69, 9.17) is 0 Å². The molecule has 2 aromatic rings. The van der Waals surface area contributed by atoms with Gasteiger partial charge in [-0.3, -0.25) is 0 Å². The van der Waals surface area contributed by atoms with E-state index in [-0.39, 0.29) is 17.0 Å². The van der Waals surface area contributed by atoms with Gasteiger partial charge >= 0.3 is 0 Å². The van der Waals surface area contributed by atoms with Crippen LogP contribution in [-0.2, 0) is 0 Å². The van der Waals surface area contributed by atoms with Crippen molar-refractivity contribution >= 4 is 29.1 Å². The van der Waals surface area contributed by atoms with E-state index in [9.17, 15) is 0 Å². The lowest BCUT2D eigenvalue weighted by Gasteiger charge is -1.85. The minimum absolute atomic E-state index is 0. The van der Waals surface area contributed by atoms with Gasteiger partial charge in [0.2, 0.25) is 0 Å². The van der Waals surface area contributed by atoms with Crippen LogP contribution in [0.3, 0.4) is 0 Å². The van der Waals surface area contributed by atoms with Crippen LogP contribution in [0, 0.1) is 0 Å². The van der Waals surface area contributed by atoms with Gasteiger partial charge in [-0.2, -0.15) is 0 Å². The van der Waals surface area contributed by atoms with Crippen LogP contribution in [0.15, 0.2) is 98.6 Å². The highest BCUT2D eigenvalue weighted by Crippen LogP contribution is 1.98. The first-order chi connectivity index (χ1) is 10.1. The molecule has 0 N–H and O–H groups in total. The van der Waals surface area contributed by atoms with Gasteiger partial charge in [-0.05, 0) is 18.1 Å². The first kappa shape index (κ1) is 22.2. The predicted molar refractivity (Wildman–Crippen MR) is 108 cm³/mol. The molecule has 22 heavy (non-hydrogen) atoms. The highest BCUT2D eigenvalue weighted by molar-refractivity contribution is 8.93. The zero-order chi connectivity index (χ0) is 15.9. The molecule has 0 aliphatic rings. The van der Waals surface area contributed by atoms with E-state index in [2.05, 4.69) is 26.3 Å². The van der Waals surface area contributed by atoms with Crippen LogP contribution in [0.1, 0.15) is 18.1 Å². The summed E-state index contributed by atoms with van der Waals surface area (Å²) in [5.41, 5.74) is 3.37. The molecule has 0 aromatic heterocycles. The minimum atomic E-state index is 0. The number of hydrogen-bond acceptors (Lipinski definition) is 0. The lowest BCUT2D eigenvalue weighted by atomic mass is 10.2. The highest BCUT2D eigenvalue weighted by atomic mass is 79.9.